The van der Waals surface area contributed by atoms with Crippen molar-refractivity contribution < 1.29 is 4.74 Å². The molecule has 0 bridgehead atoms. The van der Waals surface area contributed by atoms with E-state index in [4.69, 9.17) is 4.74 Å². The van der Waals surface area contributed by atoms with E-state index in [1.807, 2.05) is 13.1 Å². The van der Waals surface area contributed by atoms with Gasteiger partial charge in [0.15, 0.2) is 0 Å². The Morgan fingerprint density at radius 3 is 2.73 bits per heavy atom. The highest BCUT2D eigenvalue weighted by Crippen LogP contribution is 2.42. The van der Waals surface area contributed by atoms with E-state index >= 15 is 0 Å². The normalized spacial score (nSPS) is 15.9. The second kappa shape index (κ2) is 5.16. The van der Waals surface area contributed by atoms with Gasteiger partial charge >= 0.3 is 0 Å². The second-order valence-electron chi connectivity index (χ2n) is 5.95. The van der Waals surface area contributed by atoms with Gasteiger partial charge in [0.2, 0.25) is 0 Å². The van der Waals surface area contributed by atoms with Gasteiger partial charge < -0.3 is 9.64 Å². The molecule has 0 unspecified atom stereocenters. The summed E-state index contributed by atoms with van der Waals surface area (Å²) in [6.07, 6.45) is 6.95. The van der Waals surface area contributed by atoms with Crippen LogP contribution in [-0.2, 0) is 12.8 Å². The van der Waals surface area contributed by atoms with E-state index in [1.165, 1.54) is 28.1 Å². The summed E-state index contributed by atoms with van der Waals surface area (Å²) >= 11 is 0. The van der Waals surface area contributed by atoms with Gasteiger partial charge in [0, 0.05) is 29.7 Å². The summed E-state index contributed by atoms with van der Waals surface area (Å²) in [5.74, 6) is 0.837. The summed E-state index contributed by atoms with van der Waals surface area (Å²) in [5.41, 5.74) is 7.94. The van der Waals surface area contributed by atoms with E-state index in [0.29, 0.717) is 6.61 Å². The van der Waals surface area contributed by atoms with E-state index in [-0.39, 0.29) is 0 Å². The Labute approximate surface area is 131 Å². The standard InChI is InChI=1S/C19H20N2O/c1-3-22-18-10-17(11-20-12-18)16-8-14-5-4-13(2)21-7-6-15(9-16)19(14)21/h8-12H,2-7H2,1H3. The van der Waals surface area contributed by atoms with Crippen molar-refractivity contribution in [3.05, 3.63) is 54.0 Å². The van der Waals surface area contributed by atoms with Gasteiger partial charge in [0.1, 0.15) is 5.75 Å². The molecule has 0 fully saturated rings. The average Bonchev–Trinajstić information content (AvgIpc) is 2.97. The summed E-state index contributed by atoms with van der Waals surface area (Å²) < 4.78 is 5.58. The molecule has 0 saturated carbocycles. The Hall–Kier alpha value is -2.29. The zero-order valence-corrected chi connectivity index (χ0v) is 12.9. The van der Waals surface area contributed by atoms with Crippen LogP contribution in [0.25, 0.3) is 11.1 Å². The van der Waals surface area contributed by atoms with Crippen LogP contribution in [0.5, 0.6) is 5.75 Å². The molecule has 1 aromatic carbocycles. The summed E-state index contributed by atoms with van der Waals surface area (Å²) in [5, 5.41) is 0. The first-order valence-corrected chi connectivity index (χ1v) is 7.95. The minimum atomic E-state index is 0.664. The number of nitrogens with zero attached hydrogens (tertiary/aromatic N) is 2. The van der Waals surface area contributed by atoms with Crippen molar-refractivity contribution in [3.63, 3.8) is 0 Å². The molecule has 0 saturated heterocycles. The van der Waals surface area contributed by atoms with Crippen molar-refractivity contribution in [2.24, 2.45) is 0 Å². The number of pyridine rings is 1. The van der Waals surface area contributed by atoms with Gasteiger partial charge in [-0.05, 0) is 61.1 Å². The molecule has 0 atom stereocenters. The lowest BCUT2D eigenvalue weighted by atomic mass is 9.93. The van der Waals surface area contributed by atoms with Crippen LogP contribution in [0.1, 0.15) is 24.5 Å². The molecule has 3 nitrogen and oxygen atoms in total. The van der Waals surface area contributed by atoms with Crippen LogP contribution in [0.2, 0.25) is 0 Å². The van der Waals surface area contributed by atoms with Crippen LogP contribution in [0.3, 0.4) is 0 Å². The fourth-order valence-electron chi connectivity index (χ4n) is 3.55. The number of ether oxygens (including phenoxy) is 1. The maximum absolute atomic E-state index is 5.58. The van der Waals surface area contributed by atoms with Gasteiger partial charge in [-0.2, -0.15) is 0 Å². The Kier molecular flexibility index (Phi) is 3.14. The van der Waals surface area contributed by atoms with Crippen LogP contribution in [0, 0.1) is 0 Å². The quantitative estimate of drug-likeness (QED) is 0.856. The summed E-state index contributed by atoms with van der Waals surface area (Å²) in [4.78, 5) is 6.72. The third kappa shape index (κ3) is 2.08. The number of aromatic nitrogens is 1. The summed E-state index contributed by atoms with van der Waals surface area (Å²) in [6.45, 7) is 7.94. The van der Waals surface area contributed by atoms with Crippen molar-refractivity contribution in [1.29, 1.82) is 0 Å². The SMILES string of the molecule is C=C1CCc2cc(-c3cncc(OCC)c3)cc3c2N1CC3. The number of hydrogen-bond acceptors (Lipinski definition) is 3. The lowest BCUT2D eigenvalue weighted by Crippen LogP contribution is -2.23. The van der Waals surface area contributed by atoms with Crippen molar-refractivity contribution in [1.82, 2.24) is 4.98 Å². The molecular formula is C19H20N2O. The van der Waals surface area contributed by atoms with E-state index in [2.05, 4.69) is 34.7 Å². The van der Waals surface area contributed by atoms with E-state index in [0.717, 1.165) is 37.1 Å². The zero-order valence-electron chi connectivity index (χ0n) is 12.9. The Balaban J connectivity index is 1.79. The van der Waals surface area contributed by atoms with Crippen molar-refractivity contribution in [2.45, 2.75) is 26.2 Å². The maximum atomic E-state index is 5.58. The van der Waals surface area contributed by atoms with Gasteiger partial charge in [-0.3, -0.25) is 4.98 Å². The lowest BCUT2D eigenvalue weighted by molar-refractivity contribution is 0.339. The molecule has 2 aliphatic rings. The minimum absolute atomic E-state index is 0.664. The lowest BCUT2D eigenvalue weighted by Gasteiger charge is -2.29. The molecule has 2 aliphatic heterocycles. The van der Waals surface area contributed by atoms with E-state index < -0.39 is 0 Å². The predicted octanol–water partition coefficient (Wildman–Crippen LogP) is 3.97. The molecule has 1 aromatic heterocycles. The third-order valence-corrected chi connectivity index (χ3v) is 4.56. The molecule has 0 aliphatic carbocycles. The van der Waals surface area contributed by atoms with Crippen LogP contribution in [0.15, 0.2) is 42.9 Å². The topological polar surface area (TPSA) is 25.4 Å². The van der Waals surface area contributed by atoms with E-state index in [1.54, 1.807) is 6.20 Å². The minimum Gasteiger partial charge on any atom is -0.492 e. The number of rotatable bonds is 3. The Morgan fingerprint density at radius 2 is 1.91 bits per heavy atom. The fourth-order valence-corrected chi connectivity index (χ4v) is 3.55. The first-order chi connectivity index (χ1) is 10.8. The first-order valence-electron chi connectivity index (χ1n) is 7.95. The molecule has 0 radical (unpaired) electrons. The molecule has 112 valence electrons. The van der Waals surface area contributed by atoms with Gasteiger partial charge in [0.05, 0.1) is 12.8 Å². The number of allylic oxidation sites excluding steroid dienone is 1. The number of aryl methyl sites for hydroxylation is 1. The molecule has 22 heavy (non-hydrogen) atoms. The van der Waals surface area contributed by atoms with Gasteiger partial charge in [0.25, 0.3) is 0 Å². The molecule has 2 aromatic rings. The summed E-state index contributed by atoms with van der Waals surface area (Å²) in [6, 6.07) is 6.71. The maximum Gasteiger partial charge on any atom is 0.138 e. The smallest absolute Gasteiger partial charge is 0.138 e. The molecule has 0 amide bonds. The molecule has 0 N–H and O–H groups in total. The highest BCUT2D eigenvalue weighted by atomic mass is 16.5. The van der Waals surface area contributed by atoms with Gasteiger partial charge in [-0.15, -0.1) is 0 Å². The van der Waals surface area contributed by atoms with Crippen LogP contribution < -0.4 is 9.64 Å². The number of benzene rings is 1. The highest BCUT2D eigenvalue weighted by Gasteiger charge is 2.28. The van der Waals surface area contributed by atoms with Crippen molar-refractivity contribution in [2.75, 3.05) is 18.1 Å². The molecule has 3 heteroatoms. The largest absolute Gasteiger partial charge is 0.492 e. The highest BCUT2D eigenvalue weighted by molar-refractivity contribution is 5.76. The Bertz CT molecular complexity index is 751. The predicted molar refractivity (Wildman–Crippen MR) is 89.4 cm³/mol. The van der Waals surface area contributed by atoms with E-state index in [9.17, 15) is 0 Å². The Morgan fingerprint density at radius 1 is 1.09 bits per heavy atom. The molecular weight excluding hydrogens is 272 g/mol. The van der Waals surface area contributed by atoms with Gasteiger partial charge in [-0.1, -0.05) is 6.58 Å². The molecule has 0 spiro atoms. The monoisotopic (exact) mass is 292 g/mol. The summed E-state index contributed by atoms with van der Waals surface area (Å²) in [7, 11) is 0. The van der Waals surface area contributed by atoms with Crippen molar-refractivity contribution >= 4 is 5.69 Å². The number of hydrogen-bond donors (Lipinski definition) is 0. The van der Waals surface area contributed by atoms with Crippen LogP contribution >= 0.6 is 0 Å². The third-order valence-electron chi connectivity index (χ3n) is 4.56. The van der Waals surface area contributed by atoms with Gasteiger partial charge in [-0.25, -0.2) is 0 Å². The first kappa shape index (κ1) is 13.4. The fraction of sp³-hybridized carbons (Fsp3) is 0.316. The van der Waals surface area contributed by atoms with Crippen molar-refractivity contribution in [3.8, 4) is 16.9 Å². The van der Waals surface area contributed by atoms with Crippen LogP contribution in [-0.4, -0.2) is 18.1 Å². The molecule has 3 heterocycles. The van der Waals surface area contributed by atoms with Crippen LogP contribution in [0.4, 0.5) is 5.69 Å². The molecule has 4 rings (SSSR count). The zero-order chi connectivity index (χ0) is 15.1. The number of anilines is 1. The average molecular weight is 292 g/mol. The second-order valence-corrected chi connectivity index (χ2v) is 5.95.